The smallest absolute Gasteiger partial charge is 0.253 e. The van der Waals surface area contributed by atoms with Gasteiger partial charge < -0.3 is 21.1 Å². The van der Waals surface area contributed by atoms with Crippen molar-refractivity contribution in [3.8, 4) is 0 Å². The minimum Gasteiger partial charge on any atom is -0.399 e. The standard InChI is InChI=1S/C12H15N3O2/c1-7(16)5-15-12(17)10-6-14-11-3-2-8(13)4-9(10)11/h2-4,6-7,14,16H,5,13H2,1H3,(H,15,17)/t7-/m1/s1. The lowest BCUT2D eigenvalue weighted by Gasteiger charge is -2.06. The Morgan fingerprint density at radius 3 is 3.06 bits per heavy atom. The first-order chi connectivity index (χ1) is 8.08. The highest BCUT2D eigenvalue weighted by molar-refractivity contribution is 6.07. The van der Waals surface area contributed by atoms with Crippen molar-refractivity contribution in [3.63, 3.8) is 0 Å². The molecular formula is C12H15N3O2. The summed E-state index contributed by atoms with van der Waals surface area (Å²) in [6.07, 6.45) is 1.08. The zero-order valence-electron chi connectivity index (χ0n) is 9.53. The van der Waals surface area contributed by atoms with Crippen LogP contribution in [0.2, 0.25) is 0 Å². The average Bonchev–Trinajstić information content (AvgIpc) is 2.68. The van der Waals surface area contributed by atoms with Crippen molar-refractivity contribution in [1.29, 1.82) is 0 Å². The molecule has 5 N–H and O–H groups in total. The van der Waals surface area contributed by atoms with Crippen LogP contribution < -0.4 is 11.1 Å². The van der Waals surface area contributed by atoms with Gasteiger partial charge in [0.1, 0.15) is 0 Å². The third kappa shape index (κ3) is 2.39. The number of aliphatic hydroxyl groups excluding tert-OH is 1. The first kappa shape index (κ1) is 11.5. The van der Waals surface area contributed by atoms with E-state index in [4.69, 9.17) is 10.8 Å². The molecule has 0 spiro atoms. The molecule has 0 bridgehead atoms. The summed E-state index contributed by atoms with van der Waals surface area (Å²) in [4.78, 5) is 14.9. The number of hydrogen-bond donors (Lipinski definition) is 4. The molecule has 1 amide bonds. The fourth-order valence-electron chi connectivity index (χ4n) is 1.66. The van der Waals surface area contributed by atoms with E-state index in [1.54, 1.807) is 25.3 Å². The molecule has 0 aliphatic rings. The van der Waals surface area contributed by atoms with E-state index in [9.17, 15) is 4.79 Å². The molecule has 1 aromatic carbocycles. The molecule has 0 unspecified atom stereocenters. The van der Waals surface area contributed by atoms with E-state index < -0.39 is 6.10 Å². The van der Waals surface area contributed by atoms with Crippen LogP contribution in [-0.2, 0) is 0 Å². The van der Waals surface area contributed by atoms with Crippen LogP contribution in [0.4, 0.5) is 5.69 Å². The summed E-state index contributed by atoms with van der Waals surface area (Å²) >= 11 is 0. The van der Waals surface area contributed by atoms with Crippen molar-refractivity contribution in [2.75, 3.05) is 12.3 Å². The van der Waals surface area contributed by atoms with Gasteiger partial charge in [0.2, 0.25) is 0 Å². The normalized spacial score (nSPS) is 12.6. The van der Waals surface area contributed by atoms with Gasteiger partial charge in [0, 0.05) is 29.3 Å². The van der Waals surface area contributed by atoms with Gasteiger partial charge in [-0.2, -0.15) is 0 Å². The van der Waals surface area contributed by atoms with Crippen LogP contribution in [0.1, 0.15) is 17.3 Å². The molecule has 0 saturated heterocycles. The maximum Gasteiger partial charge on any atom is 0.253 e. The largest absolute Gasteiger partial charge is 0.399 e. The number of H-pyrrole nitrogens is 1. The number of hydrogen-bond acceptors (Lipinski definition) is 3. The summed E-state index contributed by atoms with van der Waals surface area (Å²) in [5.41, 5.74) is 7.70. The van der Waals surface area contributed by atoms with Crippen LogP contribution in [-0.4, -0.2) is 28.6 Å². The molecule has 2 aromatic rings. The number of benzene rings is 1. The Kier molecular flexibility index (Phi) is 3.01. The van der Waals surface area contributed by atoms with E-state index in [-0.39, 0.29) is 12.5 Å². The highest BCUT2D eigenvalue weighted by Crippen LogP contribution is 2.20. The van der Waals surface area contributed by atoms with E-state index >= 15 is 0 Å². The zero-order valence-corrected chi connectivity index (χ0v) is 9.53. The average molecular weight is 233 g/mol. The van der Waals surface area contributed by atoms with Gasteiger partial charge in [0.25, 0.3) is 5.91 Å². The third-order valence-electron chi connectivity index (χ3n) is 2.51. The number of amides is 1. The first-order valence-electron chi connectivity index (χ1n) is 5.41. The molecule has 1 aromatic heterocycles. The summed E-state index contributed by atoms with van der Waals surface area (Å²) in [6.45, 7) is 1.85. The molecule has 2 rings (SSSR count). The van der Waals surface area contributed by atoms with Crippen LogP contribution >= 0.6 is 0 Å². The summed E-state index contributed by atoms with van der Waals surface area (Å²) < 4.78 is 0. The highest BCUT2D eigenvalue weighted by atomic mass is 16.3. The van der Waals surface area contributed by atoms with Gasteiger partial charge in [-0.15, -0.1) is 0 Å². The second-order valence-electron chi connectivity index (χ2n) is 4.07. The highest BCUT2D eigenvalue weighted by Gasteiger charge is 2.12. The fraction of sp³-hybridized carbons (Fsp3) is 0.250. The molecule has 5 nitrogen and oxygen atoms in total. The Balaban J connectivity index is 2.29. The van der Waals surface area contributed by atoms with E-state index in [1.807, 2.05) is 6.07 Å². The lowest BCUT2D eigenvalue weighted by Crippen LogP contribution is -2.30. The molecule has 90 valence electrons. The number of aromatic nitrogens is 1. The second-order valence-corrected chi connectivity index (χ2v) is 4.07. The van der Waals surface area contributed by atoms with Gasteiger partial charge >= 0.3 is 0 Å². The van der Waals surface area contributed by atoms with Crippen LogP contribution in [0, 0.1) is 0 Å². The van der Waals surface area contributed by atoms with Crippen molar-refractivity contribution in [3.05, 3.63) is 30.0 Å². The van der Waals surface area contributed by atoms with Crippen molar-refractivity contribution >= 4 is 22.5 Å². The van der Waals surface area contributed by atoms with Crippen molar-refractivity contribution in [2.45, 2.75) is 13.0 Å². The maximum absolute atomic E-state index is 11.9. The number of carbonyl (C=O) groups excluding carboxylic acids is 1. The maximum atomic E-state index is 11.9. The number of nitrogens with one attached hydrogen (secondary N) is 2. The molecular weight excluding hydrogens is 218 g/mol. The molecule has 17 heavy (non-hydrogen) atoms. The molecule has 0 saturated carbocycles. The quantitative estimate of drug-likeness (QED) is 0.592. The number of nitrogens with two attached hydrogens (primary N) is 1. The number of rotatable bonds is 3. The molecule has 0 fully saturated rings. The Morgan fingerprint density at radius 2 is 2.35 bits per heavy atom. The topological polar surface area (TPSA) is 91.1 Å². The number of aromatic amines is 1. The molecule has 1 heterocycles. The molecule has 5 heteroatoms. The molecule has 1 atom stereocenters. The van der Waals surface area contributed by atoms with Crippen LogP contribution in [0.25, 0.3) is 10.9 Å². The Morgan fingerprint density at radius 1 is 1.59 bits per heavy atom. The monoisotopic (exact) mass is 233 g/mol. The van der Waals surface area contributed by atoms with Crippen LogP contribution in [0.15, 0.2) is 24.4 Å². The predicted molar refractivity (Wildman–Crippen MR) is 66.7 cm³/mol. The van der Waals surface area contributed by atoms with Crippen LogP contribution in [0.3, 0.4) is 0 Å². The molecule has 0 radical (unpaired) electrons. The Bertz CT molecular complexity index is 546. The van der Waals surface area contributed by atoms with Gasteiger partial charge in [-0.1, -0.05) is 0 Å². The zero-order chi connectivity index (χ0) is 12.4. The summed E-state index contributed by atoms with van der Waals surface area (Å²) in [7, 11) is 0. The number of anilines is 1. The Hall–Kier alpha value is -2.01. The Labute approximate surface area is 98.6 Å². The van der Waals surface area contributed by atoms with Crippen molar-refractivity contribution in [2.24, 2.45) is 0 Å². The minimum atomic E-state index is -0.561. The summed E-state index contributed by atoms with van der Waals surface area (Å²) in [5.74, 6) is -0.220. The number of fused-ring (bicyclic) bond motifs is 1. The lowest BCUT2D eigenvalue weighted by atomic mass is 10.1. The number of carbonyl (C=O) groups is 1. The summed E-state index contributed by atoms with van der Waals surface area (Å²) in [5, 5.41) is 12.5. The van der Waals surface area contributed by atoms with E-state index in [1.165, 1.54) is 0 Å². The SMILES string of the molecule is C[C@@H](O)CNC(=O)c1c[nH]c2ccc(N)cc12. The summed E-state index contributed by atoms with van der Waals surface area (Å²) in [6, 6.07) is 5.36. The van der Waals surface area contributed by atoms with Gasteiger partial charge in [0.05, 0.1) is 11.7 Å². The van der Waals surface area contributed by atoms with E-state index in [2.05, 4.69) is 10.3 Å². The third-order valence-corrected chi connectivity index (χ3v) is 2.51. The van der Waals surface area contributed by atoms with Gasteiger partial charge in [-0.05, 0) is 25.1 Å². The van der Waals surface area contributed by atoms with Crippen LogP contribution in [0.5, 0.6) is 0 Å². The van der Waals surface area contributed by atoms with Gasteiger partial charge in [-0.3, -0.25) is 4.79 Å². The predicted octanol–water partition coefficient (Wildman–Crippen LogP) is 0.861. The van der Waals surface area contributed by atoms with Crippen molar-refractivity contribution < 1.29 is 9.90 Å². The lowest BCUT2D eigenvalue weighted by molar-refractivity contribution is 0.0925. The molecule has 0 aliphatic carbocycles. The van der Waals surface area contributed by atoms with Gasteiger partial charge in [0.15, 0.2) is 0 Å². The minimum absolute atomic E-state index is 0.220. The van der Waals surface area contributed by atoms with E-state index in [0.717, 1.165) is 10.9 Å². The first-order valence-corrected chi connectivity index (χ1v) is 5.41. The van der Waals surface area contributed by atoms with Gasteiger partial charge in [-0.25, -0.2) is 0 Å². The van der Waals surface area contributed by atoms with E-state index in [0.29, 0.717) is 11.3 Å². The fourth-order valence-corrected chi connectivity index (χ4v) is 1.66. The number of aliphatic hydroxyl groups is 1. The molecule has 0 aliphatic heterocycles. The number of nitrogen functional groups attached to an aromatic ring is 1. The van der Waals surface area contributed by atoms with Crippen molar-refractivity contribution in [1.82, 2.24) is 10.3 Å². The second kappa shape index (κ2) is 4.47.